The first-order chi connectivity index (χ1) is 10.1. The average molecular weight is 329 g/mol. The Balaban J connectivity index is 2.33. The highest BCUT2D eigenvalue weighted by molar-refractivity contribution is 8.02. The van der Waals surface area contributed by atoms with Crippen LogP contribution in [0.25, 0.3) is 0 Å². The maximum atomic E-state index is 11.6. The number of carboxylic acids is 1. The van der Waals surface area contributed by atoms with E-state index in [1.54, 1.807) is 11.8 Å². The maximum absolute atomic E-state index is 11.6. The first kappa shape index (κ1) is 17.7. The number of benzene rings is 1. The van der Waals surface area contributed by atoms with Crippen LogP contribution in [0.5, 0.6) is 0 Å². The Bertz CT molecular complexity index is 442. The number of alkyl carbamates (subject to hydrolysis) is 1. The van der Waals surface area contributed by atoms with Gasteiger partial charge >= 0.3 is 12.1 Å². The Morgan fingerprint density at radius 3 is 2.62 bits per heavy atom. The fourth-order valence-electron chi connectivity index (χ4n) is 1.43. The molecular formula is C14H19NO4S2. The third-order valence-corrected chi connectivity index (χ3v) is 4.45. The van der Waals surface area contributed by atoms with Gasteiger partial charge in [0.2, 0.25) is 0 Å². The van der Waals surface area contributed by atoms with Gasteiger partial charge in [-0.3, -0.25) is 0 Å². The predicted molar refractivity (Wildman–Crippen MR) is 86.9 cm³/mol. The highest BCUT2D eigenvalue weighted by Crippen LogP contribution is 2.07. The standard InChI is InChI=1S/C14H19NO4S2/c1-20-7-8-21-10-12(13(16)17)15-14(18)19-9-11-5-3-2-4-6-11/h2-6,12H,7-10H2,1H3,(H,15,18)(H,16,17). The molecule has 1 rings (SSSR count). The smallest absolute Gasteiger partial charge is 0.408 e. The molecule has 1 aromatic rings. The molecule has 0 aliphatic carbocycles. The molecule has 0 bridgehead atoms. The topological polar surface area (TPSA) is 75.6 Å². The molecule has 1 aromatic carbocycles. The molecule has 21 heavy (non-hydrogen) atoms. The molecule has 0 heterocycles. The summed E-state index contributed by atoms with van der Waals surface area (Å²) < 4.78 is 5.01. The summed E-state index contributed by atoms with van der Waals surface area (Å²) in [6.07, 6.45) is 1.28. The van der Waals surface area contributed by atoms with Crippen LogP contribution in [0.3, 0.4) is 0 Å². The Hall–Kier alpha value is -1.34. The normalized spacial score (nSPS) is 11.7. The third kappa shape index (κ3) is 7.87. The first-order valence-electron chi connectivity index (χ1n) is 6.40. The zero-order valence-electron chi connectivity index (χ0n) is 11.8. The first-order valence-corrected chi connectivity index (χ1v) is 8.95. The fraction of sp³-hybridized carbons (Fsp3) is 0.429. The molecule has 0 aromatic heterocycles. The van der Waals surface area contributed by atoms with E-state index in [1.807, 2.05) is 36.6 Å². The summed E-state index contributed by atoms with van der Waals surface area (Å²) in [7, 11) is 0. The van der Waals surface area contributed by atoms with Crippen molar-refractivity contribution >= 4 is 35.6 Å². The number of nitrogens with one attached hydrogen (secondary N) is 1. The van der Waals surface area contributed by atoms with Crippen molar-refractivity contribution in [2.45, 2.75) is 12.6 Å². The minimum atomic E-state index is -1.05. The molecule has 1 amide bonds. The average Bonchev–Trinajstić information content (AvgIpc) is 2.49. The Labute approximate surface area is 132 Å². The van der Waals surface area contributed by atoms with E-state index in [0.717, 1.165) is 17.1 Å². The van der Waals surface area contributed by atoms with Gasteiger partial charge in [0.15, 0.2) is 0 Å². The molecule has 0 saturated carbocycles. The maximum Gasteiger partial charge on any atom is 0.408 e. The number of amides is 1. The van der Waals surface area contributed by atoms with E-state index in [0.29, 0.717) is 5.75 Å². The van der Waals surface area contributed by atoms with Gasteiger partial charge in [-0.1, -0.05) is 30.3 Å². The van der Waals surface area contributed by atoms with Crippen molar-refractivity contribution in [3.05, 3.63) is 35.9 Å². The Kier molecular flexibility index (Phi) is 8.77. The van der Waals surface area contributed by atoms with Crippen LogP contribution in [0, 0.1) is 0 Å². The van der Waals surface area contributed by atoms with E-state index >= 15 is 0 Å². The summed E-state index contributed by atoms with van der Waals surface area (Å²) in [5.74, 6) is 1.08. The quantitative estimate of drug-likeness (QED) is 0.678. The second-order valence-corrected chi connectivity index (χ2v) is 6.30. The van der Waals surface area contributed by atoms with Gasteiger partial charge in [-0.25, -0.2) is 9.59 Å². The molecule has 1 atom stereocenters. The van der Waals surface area contributed by atoms with Crippen molar-refractivity contribution in [1.82, 2.24) is 5.32 Å². The predicted octanol–water partition coefficient (Wildman–Crippen LogP) is 2.46. The number of carboxylic acid groups (broad SMARTS) is 1. The molecule has 0 aliphatic heterocycles. The van der Waals surface area contributed by atoms with Crippen molar-refractivity contribution in [2.24, 2.45) is 0 Å². The minimum Gasteiger partial charge on any atom is -0.480 e. The summed E-state index contributed by atoms with van der Waals surface area (Å²) in [6.45, 7) is 0.124. The second kappa shape index (κ2) is 10.4. The van der Waals surface area contributed by atoms with Gasteiger partial charge in [-0.2, -0.15) is 23.5 Å². The van der Waals surface area contributed by atoms with Crippen LogP contribution in [0.4, 0.5) is 4.79 Å². The summed E-state index contributed by atoms with van der Waals surface area (Å²) in [5.41, 5.74) is 0.855. The van der Waals surface area contributed by atoms with Crippen LogP contribution in [-0.4, -0.2) is 46.7 Å². The largest absolute Gasteiger partial charge is 0.480 e. The van der Waals surface area contributed by atoms with Gasteiger partial charge in [-0.05, 0) is 11.8 Å². The summed E-state index contributed by atoms with van der Waals surface area (Å²) >= 11 is 3.20. The van der Waals surface area contributed by atoms with Crippen molar-refractivity contribution in [2.75, 3.05) is 23.5 Å². The number of ether oxygens (including phenoxy) is 1. The molecule has 1 unspecified atom stereocenters. The molecule has 0 aliphatic rings. The third-order valence-electron chi connectivity index (χ3n) is 2.52. The van der Waals surface area contributed by atoms with Gasteiger partial charge < -0.3 is 15.2 Å². The summed E-state index contributed by atoms with van der Waals surface area (Å²) in [4.78, 5) is 22.7. The van der Waals surface area contributed by atoms with Gasteiger partial charge in [0.25, 0.3) is 0 Å². The van der Waals surface area contributed by atoms with Crippen molar-refractivity contribution in [1.29, 1.82) is 0 Å². The number of carbonyl (C=O) groups is 2. The minimum absolute atomic E-state index is 0.124. The van der Waals surface area contributed by atoms with Crippen LogP contribution in [0.15, 0.2) is 30.3 Å². The van der Waals surface area contributed by atoms with E-state index in [2.05, 4.69) is 5.32 Å². The molecule has 116 valence electrons. The lowest BCUT2D eigenvalue weighted by molar-refractivity contribution is -0.138. The fourth-order valence-corrected chi connectivity index (χ4v) is 3.19. The van der Waals surface area contributed by atoms with Crippen LogP contribution in [0.1, 0.15) is 5.56 Å². The van der Waals surface area contributed by atoms with Crippen molar-refractivity contribution in [3.8, 4) is 0 Å². The SMILES string of the molecule is CSCCSCC(NC(=O)OCc1ccccc1)C(=O)O. The summed E-state index contributed by atoms with van der Waals surface area (Å²) in [6, 6.07) is 8.30. The molecule has 0 saturated heterocycles. The van der Waals surface area contributed by atoms with Crippen LogP contribution >= 0.6 is 23.5 Å². The van der Waals surface area contributed by atoms with Crippen molar-refractivity contribution in [3.63, 3.8) is 0 Å². The van der Waals surface area contributed by atoms with Gasteiger partial charge in [0, 0.05) is 17.3 Å². The number of carbonyl (C=O) groups excluding carboxylic acids is 1. The molecule has 0 spiro atoms. The molecular weight excluding hydrogens is 310 g/mol. The van der Waals surface area contributed by atoms with Crippen LogP contribution < -0.4 is 5.32 Å². The van der Waals surface area contributed by atoms with Gasteiger partial charge in [0.1, 0.15) is 12.6 Å². The molecule has 5 nitrogen and oxygen atoms in total. The van der Waals surface area contributed by atoms with E-state index in [4.69, 9.17) is 9.84 Å². The lowest BCUT2D eigenvalue weighted by Gasteiger charge is -2.14. The number of hydrogen-bond acceptors (Lipinski definition) is 5. The zero-order valence-corrected chi connectivity index (χ0v) is 13.4. The highest BCUT2D eigenvalue weighted by atomic mass is 32.2. The highest BCUT2D eigenvalue weighted by Gasteiger charge is 2.20. The number of hydrogen-bond donors (Lipinski definition) is 2. The number of thioether (sulfide) groups is 2. The van der Waals surface area contributed by atoms with E-state index < -0.39 is 18.1 Å². The van der Waals surface area contributed by atoms with Gasteiger partial charge in [-0.15, -0.1) is 0 Å². The second-order valence-electron chi connectivity index (χ2n) is 4.16. The molecule has 2 N–H and O–H groups in total. The monoisotopic (exact) mass is 329 g/mol. The van der Waals surface area contributed by atoms with E-state index in [9.17, 15) is 9.59 Å². The van der Waals surface area contributed by atoms with E-state index in [-0.39, 0.29) is 6.61 Å². The number of aliphatic carboxylic acids is 1. The zero-order chi connectivity index (χ0) is 15.5. The Morgan fingerprint density at radius 1 is 1.29 bits per heavy atom. The van der Waals surface area contributed by atoms with E-state index in [1.165, 1.54) is 11.8 Å². The van der Waals surface area contributed by atoms with Crippen LogP contribution in [0.2, 0.25) is 0 Å². The number of rotatable bonds is 9. The molecule has 7 heteroatoms. The van der Waals surface area contributed by atoms with Crippen LogP contribution in [-0.2, 0) is 16.1 Å². The molecule has 0 fully saturated rings. The van der Waals surface area contributed by atoms with Gasteiger partial charge in [0.05, 0.1) is 0 Å². The lowest BCUT2D eigenvalue weighted by atomic mass is 10.2. The molecule has 0 radical (unpaired) electrons. The Morgan fingerprint density at radius 2 is 2.00 bits per heavy atom. The lowest BCUT2D eigenvalue weighted by Crippen LogP contribution is -2.42. The van der Waals surface area contributed by atoms with Crippen molar-refractivity contribution < 1.29 is 19.4 Å². The summed E-state index contributed by atoms with van der Waals surface area (Å²) in [5, 5.41) is 11.5.